The summed E-state index contributed by atoms with van der Waals surface area (Å²) in [7, 11) is 0. The molecular weight excluding hydrogens is 559 g/mol. The van der Waals surface area contributed by atoms with Gasteiger partial charge in [-0.05, 0) is 61.4 Å². The minimum absolute atomic E-state index is 0.130. The number of carboxylic acid groups (broad SMARTS) is 1. The minimum Gasteiger partial charge on any atom is -0.508 e. The fraction of sp³-hybridized carbons (Fsp3) is 0.531. The number of carbonyl (C=O) groups is 1. The van der Waals surface area contributed by atoms with Crippen LogP contribution in [0.3, 0.4) is 0 Å². The summed E-state index contributed by atoms with van der Waals surface area (Å²) in [6.45, 7) is 2.59. The van der Waals surface area contributed by atoms with Crippen molar-refractivity contribution in [1.29, 1.82) is 0 Å². The van der Waals surface area contributed by atoms with E-state index >= 15 is 0 Å². The molecule has 2 atom stereocenters. The number of ether oxygens (including phenoxy) is 1. The van der Waals surface area contributed by atoms with E-state index in [4.69, 9.17) is 4.74 Å². The number of phenolic OH excluding ortho intramolecular Hbond substituents is 2. The zero-order chi connectivity index (χ0) is 31.0. The molecule has 1 heterocycles. The van der Waals surface area contributed by atoms with Crippen LogP contribution >= 0.6 is 0 Å². The van der Waals surface area contributed by atoms with Crippen molar-refractivity contribution in [3.05, 3.63) is 65.2 Å². The summed E-state index contributed by atoms with van der Waals surface area (Å²) in [5, 5.41) is 29.0. The molecule has 42 heavy (non-hydrogen) atoms. The van der Waals surface area contributed by atoms with Gasteiger partial charge in [-0.15, -0.1) is 0 Å². The van der Waals surface area contributed by atoms with Crippen molar-refractivity contribution in [1.82, 2.24) is 0 Å². The maximum Gasteiger partial charge on any atom is 0.453 e. The molecule has 2 aromatic rings. The molecule has 0 fully saturated rings. The number of hydrogen-bond donors (Lipinski definition) is 3. The lowest BCUT2D eigenvalue weighted by atomic mass is 9.66. The van der Waals surface area contributed by atoms with Gasteiger partial charge in [-0.2, -0.15) is 22.0 Å². The van der Waals surface area contributed by atoms with E-state index in [9.17, 15) is 42.1 Å². The number of aromatic hydroxyl groups is 2. The Morgan fingerprint density at radius 3 is 2.19 bits per heavy atom. The molecule has 0 saturated heterocycles. The lowest BCUT2D eigenvalue weighted by Crippen LogP contribution is -2.40. The molecule has 0 aromatic heterocycles. The van der Waals surface area contributed by atoms with E-state index in [0.717, 1.165) is 49.7 Å². The third-order valence-electron chi connectivity index (χ3n) is 8.16. The summed E-state index contributed by atoms with van der Waals surface area (Å²) in [5.41, 5.74) is 1.65. The van der Waals surface area contributed by atoms with Crippen LogP contribution in [0, 0.1) is 0 Å². The number of carboxylic acids is 1. The lowest BCUT2D eigenvalue weighted by molar-refractivity contribution is -0.284. The second-order valence-corrected chi connectivity index (χ2v) is 11.3. The zero-order valence-corrected chi connectivity index (χ0v) is 23.7. The monoisotopic (exact) mass is 598 g/mol. The Kier molecular flexibility index (Phi) is 11.3. The van der Waals surface area contributed by atoms with Gasteiger partial charge in [-0.1, -0.05) is 63.3 Å². The summed E-state index contributed by atoms with van der Waals surface area (Å²) >= 11 is 0. The highest BCUT2D eigenvalue weighted by atomic mass is 19.4. The number of phenols is 2. The standard InChI is InChI=1S/C32H39F5O5/c1-30(23-13-15-24(38)16-14-23)21-42-28-20-25(39)17-18-26(28)27(30)12-8-6-4-2-3-5-7-10-22(29(40)41)11-9-19-31(33,34)32(35,36)37/h10,13-18,20,27,38-39H,2-9,11-12,19,21H2,1H3,(H,40,41). The van der Waals surface area contributed by atoms with Gasteiger partial charge in [0.15, 0.2) is 0 Å². The number of fused-ring (bicyclic) bond motifs is 1. The van der Waals surface area contributed by atoms with Gasteiger partial charge in [-0.25, -0.2) is 4.79 Å². The first kappa shape index (κ1) is 33.2. The Morgan fingerprint density at radius 1 is 0.929 bits per heavy atom. The Morgan fingerprint density at radius 2 is 1.55 bits per heavy atom. The SMILES string of the molecule is CC1(c2ccc(O)cc2)COc2cc(O)ccc2C1CCCCCCCCC=C(CCCC(F)(F)C(F)(F)F)C(=O)O. The number of aliphatic carboxylic acids is 1. The third kappa shape index (κ3) is 8.61. The van der Waals surface area contributed by atoms with Crippen LogP contribution in [-0.4, -0.2) is 40.0 Å². The van der Waals surface area contributed by atoms with Gasteiger partial charge in [0, 0.05) is 29.4 Å². The van der Waals surface area contributed by atoms with Gasteiger partial charge in [0.1, 0.15) is 17.2 Å². The van der Waals surface area contributed by atoms with Crippen LogP contribution in [-0.2, 0) is 10.2 Å². The number of halogens is 5. The largest absolute Gasteiger partial charge is 0.508 e. The highest BCUT2D eigenvalue weighted by molar-refractivity contribution is 5.86. The molecule has 2 aromatic carbocycles. The number of rotatable bonds is 15. The van der Waals surface area contributed by atoms with Gasteiger partial charge in [0.25, 0.3) is 0 Å². The van der Waals surface area contributed by atoms with Gasteiger partial charge in [0.05, 0.1) is 6.61 Å². The summed E-state index contributed by atoms with van der Waals surface area (Å²) in [4.78, 5) is 11.4. The van der Waals surface area contributed by atoms with Crippen molar-refractivity contribution in [2.24, 2.45) is 0 Å². The van der Waals surface area contributed by atoms with Crippen LogP contribution in [0.5, 0.6) is 17.2 Å². The van der Waals surface area contributed by atoms with Gasteiger partial charge in [0.2, 0.25) is 0 Å². The normalized spacial score (nSPS) is 19.3. The van der Waals surface area contributed by atoms with Crippen molar-refractivity contribution >= 4 is 5.97 Å². The van der Waals surface area contributed by atoms with Crippen LogP contribution in [0.4, 0.5) is 22.0 Å². The van der Waals surface area contributed by atoms with Crippen LogP contribution in [0.15, 0.2) is 54.1 Å². The highest BCUT2D eigenvalue weighted by Crippen LogP contribution is 2.50. The topological polar surface area (TPSA) is 87.0 Å². The molecule has 1 aliphatic rings. The maximum atomic E-state index is 13.1. The summed E-state index contributed by atoms with van der Waals surface area (Å²) in [5.74, 6) is -4.95. The number of hydrogen-bond acceptors (Lipinski definition) is 4. The van der Waals surface area contributed by atoms with E-state index in [0.29, 0.717) is 25.2 Å². The molecule has 0 amide bonds. The predicted molar refractivity (Wildman–Crippen MR) is 149 cm³/mol. The number of unbranched alkanes of at least 4 members (excludes halogenated alkanes) is 6. The number of allylic oxidation sites excluding steroid dienone is 1. The summed E-state index contributed by atoms with van der Waals surface area (Å²) in [6, 6.07) is 12.4. The first-order chi connectivity index (χ1) is 19.7. The average Bonchev–Trinajstić information content (AvgIpc) is 2.91. The molecule has 0 aliphatic carbocycles. The Labute approximate surface area is 243 Å². The molecule has 0 bridgehead atoms. The summed E-state index contributed by atoms with van der Waals surface area (Å²) in [6.07, 6.45) is 0.196. The van der Waals surface area contributed by atoms with Crippen LogP contribution in [0.1, 0.15) is 94.6 Å². The van der Waals surface area contributed by atoms with Gasteiger partial charge < -0.3 is 20.1 Å². The molecule has 2 unspecified atom stereocenters. The van der Waals surface area contributed by atoms with E-state index in [1.807, 2.05) is 18.2 Å². The maximum absolute atomic E-state index is 13.1. The van der Waals surface area contributed by atoms with Crippen LogP contribution in [0.25, 0.3) is 0 Å². The van der Waals surface area contributed by atoms with Crippen LogP contribution < -0.4 is 4.74 Å². The number of alkyl halides is 5. The smallest absolute Gasteiger partial charge is 0.453 e. The Bertz CT molecular complexity index is 1210. The Balaban J connectivity index is 1.45. The minimum atomic E-state index is -5.63. The van der Waals surface area contributed by atoms with E-state index < -0.39 is 30.9 Å². The molecule has 0 spiro atoms. The molecular formula is C32H39F5O5. The van der Waals surface area contributed by atoms with E-state index in [1.54, 1.807) is 24.3 Å². The van der Waals surface area contributed by atoms with Crippen molar-refractivity contribution in [2.75, 3.05) is 6.61 Å². The van der Waals surface area contributed by atoms with Crippen LogP contribution in [0.2, 0.25) is 0 Å². The molecule has 0 radical (unpaired) electrons. The lowest BCUT2D eigenvalue weighted by Gasteiger charge is -2.43. The predicted octanol–water partition coefficient (Wildman–Crippen LogP) is 9.03. The van der Waals surface area contributed by atoms with Crippen molar-refractivity contribution < 1.29 is 46.8 Å². The van der Waals surface area contributed by atoms with Crippen molar-refractivity contribution in [3.8, 4) is 17.2 Å². The number of benzene rings is 2. The molecule has 3 N–H and O–H groups in total. The average molecular weight is 599 g/mol. The Hall–Kier alpha value is -3.30. The molecule has 232 valence electrons. The fourth-order valence-electron chi connectivity index (χ4n) is 5.62. The molecule has 10 heteroatoms. The molecule has 0 saturated carbocycles. The molecule has 1 aliphatic heterocycles. The first-order valence-corrected chi connectivity index (χ1v) is 14.4. The zero-order valence-electron chi connectivity index (χ0n) is 23.7. The fourth-order valence-corrected chi connectivity index (χ4v) is 5.62. The van der Waals surface area contributed by atoms with E-state index in [-0.39, 0.29) is 34.8 Å². The second-order valence-electron chi connectivity index (χ2n) is 11.3. The van der Waals surface area contributed by atoms with Gasteiger partial charge in [-0.3, -0.25) is 0 Å². The first-order valence-electron chi connectivity index (χ1n) is 14.4. The van der Waals surface area contributed by atoms with Gasteiger partial charge >= 0.3 is 18.1 Å². The van der Waals surface area contributed by atoms with E-state index in [2.05, 4.69) is 6.92 Å². The third-order valence-corrected chi connectivity index (χ3v) is 8.16. The summed E-state index contributed by atoms with van der Waals surface area (Å²) < 4.78 is 69.1. The molecule has 3 rings (SSSR count). The molecule has 5 nitrogen and oxygen atoms in total. The second kappa shape index (κ2) is 14.2. The van der Waals surface area contributed by atoms with E-state index in [1.165, 1.54) is 6.08 Å². The quantitative estimate of drug-likeness (QED) is 0.108. The highest BCUT2D eigenvalue weighted by Gasteiger charge is 2.56. The van der Waals surface area contributed by atoms with Crippen molar-refractivity contribution in [2.45, 2.75) is 101 Å². The van der Waals surface area contributed by atoms with Crippen molar-refractivity contribution in [3.63, 3.8) is 0 Å².